The molecule has 1 aromatic rings. The average Bonchev–Trinajstić information content (AvgIpc) is 2.59. The first-order valence-corrected chi connectivity index (χ1v) is 8.01. The van der Waals surface area contributed by atoms with Gasteiger partial charge in [-0.3, -0.25) is 9.48 Å². The molecule has 0 aliphatic carbocycles. The van der Waals surface area contributed by atoms with Gasteiger partial charge < -0.3 is 5.11 Å². The molecule has 0 amide bonds. The predicted molar refractivity (Wildman–Crippen MR) is 77.2 cm³/mol. The van der Waals surface area contributed by atoms with Crippen molar-refractivity contribution in [2.24, 2.45) is 0 Å². The number of carbonyl (C=O) groups is 1. The third-order valence-corrected chi connectivity index (χ3v) is 4.51. The van der Waals surface area contributed by atoms with Crippen LogP contribution in [0.15, 0.2) is 16.0 Å². The van der Waals surface area contributed by atoms with Gasteiger partial charge in [-0.25, -0.2) is 13.1 Å². The zero-order valence-corrected chi connectivity index (χ0v) is 13.6. The van der Waals surface area contributed by atoms with Crippen molar-refractivity contribution in [2.75, 3.05) is 6.54 Å². The minimum atomic E-state index is -3.71. The highest BCUT2D eigenvalue weighted by Gasteiger charge is 2.24. The summed E-state index contributed by atoms with van der Waals surface area (Å²) in [5.41, 5.74) is 0.747. The highest BCUT2D eigenvalue weighted by atomic mass is 79.9. The van der Waals surface area contributed by atoms with Crippen LogP contribution in [0.3, 0.4) is 0 Å². The number of carboxylic acid groups (broad SMARTS) is 1. The molecule has 0 aliphatic heterocycles. The SMILES string of the molecule is C=C(Br)CNS(=O)(=O)c1c(C)nn(CCC(=O)O)c1C. The van der Waals surface area contributed by atoms with E-state index in [4.69, 9.17) is 5.11 Å². The highest BCUT2D eigenvalue weighted by molar-refractivity contribution is 9.11. The first-order valence-electron chi connectivity index (χ1n) is 5.74. The van der Waals surface area contributed by atoms with Crippen molar-refractivity contribution in [3.63, 3.8) is 0 Å². The van der Waals surface area contributed by atoms with E-state index in [9.17, 15) is 13.2 Å². The molecule has 0 saturated heterocycles. The van der Waals surface area contributed by atoms with Crippen molar-refractivity contribution in [2.45, 2.75) is 31.7 Å². The number of nitrogens with one attached hydrogen (secondary N) is 1. The molecule has 0 bridgehead atoms. The Hall–Kier alpha value is -1.19. The molecule has 1 heterocycles. The van der Waals surface area contributed by atoms with Crippen LogP contribution in [0.4, 0.5) is 0 Å². The Morgan fingerprint density at radius 2 is 2.10 bits per heavy atom. The number of aromatic nitrogens is 2. The lowest BCUT2D eigenvalue weighted by Crippen LogP contribution is -2.25. The lowest BCUT2D eigenvalue weighted by molar-refractivity contribution is -0.137. The number of halogens is 1. The number of hydrogen-bond acceptors (Lipinski definition) is 4. The van der Waals surface area contributed by atoms with Gasteiger partial charge in [0.25, 0.3) is 0 Å². The molecule has 0 atom stereocenters. The first-order chi connectivity index (χ1) is 9.15. The Labute approximate surface area is 125 Å². The minimum Gasteiger partial charge on any atom is -0.481 e. The standard InChI is InChI=1S/C11H16BrN3O4S/c1-7(12)6-13-20(18,19)11-8(2)14-15(9(11)3)5-4-10(16)17/h13H,1,4-6H2,2-3H3,(H,16,17). The zero-order chi connectivity index (χ0) is 15.5. The van der Waals surface area contributed by atoms with Crippen molar-refractivity contribution < 1.29 is 18.3 Å². The third-order valence-electron chi connectivity index (χ3n) is 2.58. The van der Waals surface area contributed by atoms with Crippen LogP contribution in [-0.2, 0) is 21.4 Å². The van der Waals surface area contributed by atoms with Crippen LogP contribution in [0.1, 0.15) is 17.8 Å². The summed E-state index contributed by atoms with van der Waals surface area (Å²) in [6.45, 7) is 6.92. The monoisotopic (exact) mass is 365 g/mol. The number of carboxylic acids is 1. The Kier molecular flexibility index (Phi) is 5.49. The summed E-state index contributed by atoms with van der Waals surface area (Å²) in [7, 11) is -3.71. The van der Waals surface area contributed by atoms with Crippen LogP contribution >= 0.6 is 15.9 Å². The second-order valence-electron chi connectivity index (χ2n) is 4.21. The van der Waals surface area contributed by atoms with Crippen molar-refractivity contribution in [3.8, 4) is 0 Å². The molecule has 1 aromatic heterocycles. The highest BCUT2D eigenvalue weighted by Crippen LogP contribution is 2.19. The summed E-state index contributed by atoms with van der Waals surface area (Å²) in [6, 6.07) is 0. The van der Waals surface area contributed by atoms with E-state index < -0.39 is 16.0 Å². The van der Waals surface area contributed by atoms with Gasteiger partial charge >= 0.3 is 5.97 Å². The number of rotatable bonds is 7. The third kappa shape index (κ3) is 4.15. The average molecular weight is 366 g/mol. The van der Waals surface area contributed by atoms with Gasteiger partial charge in [0.05, 0.1) is 24.4 Å². The van der Waals surface area contributed by atoms with Gasteiger partial charge in [0, 0.05) is 11.0 Å². The maximum Gasteiger partial charge on any atom is 0.305 e. The first kappa shape index (κ1) is 16.9. The quantitative estimate of drug-likeness (QED) is 0.754. The predicted octanol–water partition coefficient (Wildman–Crippen LogP) is 1.16. The van der Waals surface area contributed by atoms with Gasteiger partial charge in [-0.05, 0) is 13.8 Å². The molecule has 0 spiro atoms. The molecule has 7 nitrogen and oxygen atoms in total. The van der Waals surface area contributed by atoms with Gasteiger partial charge in [-0.15, -0.1) is 0 Å². The van der Waals surface area contributed by atoms with E-state index in [0.717, 1.165) is 0 Å². The number of aliphatic carboxylic acids is 1. The molecule has 112 valence electrons. The van der Waals surface area contributed by atoms with E-state index >= 15 is 0 Å². The lowest BCUT2D eigenvalue weighted by Gasteiger charge is -2.07. The topological polar surface area (TPSA) is 101 Å². The Balaban J connectivity index is 3.06. The summed E-state index contributed by atoms with van der Waals surface area (Å²) >= 11 is 3.08. The van der Waals surface area contributed by atoms with E-state index in [1.807, 2.05) is 0 Å². The van der Waals surface area contributed by atoms with E-state index in [-0.39, 0.29) is 24.4 Å². The molecular weight excluding hydrogens is 350 g/mol. The summed E-state index contributed by atoms with van der Waals surface area (Å²) in [5.74, 6) is -0.962. The van der Waals surface area contributed by atoms with Crippen molar-refractivity contribution in [3.05, 3.63) is 22.4 Å². The minimum absolute atomic E-state index is 0.0710. The second-order valence-corrected chi connectivity index (χ2v) is 7.03. The van der Waals surface area contributed by atoms with E-state index in [1.165, 1.54) is 4.68 Å². The van der Waals surface area contributed by atoms with E-state index in [2.05, 4.69) is 32.3 Å². The van der Waals surface area contributed by atoms with E-state index in [0.29, 0.717) is 15.9 Å². The summed E-state index contributed by atoms with van der Waals surface area (Å²) in [6.07, 6.45) is -0.118. The zero-order valence-electron chi connectivity index (χ0n) is 11.2. The number of aryl methyl sites for hydroxylation is 2. The van der Waals surface area contributed by atoms with Gasteiger partial charge in [0.2, 0.25) is 10.0 Å². The molecule has 0 aromatic carbocycles. The molecule has 0 radical (unpaired) electrons. The smallest absolute Gasteiger partial charge is 0.305 e. The molecule has 0 fully saturated rings. The normalized spacial score (nSPS) is 11.6. The van der Waals surface area contributed by atoms with Crippen LogP contribution in [0.5, 0.6) is 0 Å². The summed E-state index contributed by atoms with van der Waals surface area (Å²) < 4.78 is 28.7. The summed E-state index contributed by atoms with van der Waals surface area (Å²) in [5, 5.41) is 12.7. The van der Waals surface area contributed by atoms with Crippen LogP contribution in [0, 0.1) is 13.8 Å². The van der Waals surface area contributed by atoms with Gasteiger partial charge in [-0.1, -0.05) is 22.5 Å². The Morgan fingerprint density at radius 3 is 2.60 bits per heavy atom. The largest absolute Gasteiger partial charge is 0.481 e. The van der Waals surface area contributed by atoms with Crippen molar-refractivity contribution >= 4 is 31.9 Å². The van der Waals surface area contributed by atoms with Crippen LogP contribution in [0.25, 0.3) is 0 Å². The van der Waals surface area contributed by atoms with Crippen molar-refractivity contribution in [1.29, 1.82) is 0 Å². The van der Waals surface area contributed by atoms with Gasteiger partial charge in [0.15, 0.2) is 0 Å². The molecule has 0 unspecified atom stereocenters. The van der Waals surface area contributed by atoms with Crippen molar-refractivity contribution in [1.82, 2.24) is 14.5 Å². The molecule has 20 heavy (non-hydrogen) atoms. The summed E-state index contributed by atoms with van der Waals surface area (Å²) in [4.78, 5) is 10.6. The molecule has 1 rings (SSSR count). The van der Waals surface area contributed by atoms with Crippen LogP contribution in [-0.4, -0.2) is 35.8 Å². The number of hydrogen-bond donors (Lipinski definition) is 2. The molecule has 0 saturated carbocycles. The second kappa shape index (κ2) is 6.51. The maximum atomic E-state index is 12.2. The Bertz CT molecular complexity index is 636. The fraction of sp³-hybridized carbons (Fsp3) is 0.455. The lowest BCUT2D eigenvalue weighted by atomic mass is 10.4. The fourth-order valence-electron chi connectivity index (χ4n) is 1.73. The molecule has 2 N–H and O–H groups in total. The van der Waals surface area contributed by atoms with Crippen LogP contribution in [0.2, 0.25) is 0 Å². The molecule has 0 aliphatic rings. The fourth-order valence-corrected chi connectivity index (χ4v) is 3.49. The number of sulfonamides is 1. The van der Waals surface area contributed by atoms with Gasteiger partial charge in [-0.2, -0.15) is 5.10 Å². The van der Waals surface area contributed by atoms with Gasteiger partial charge in [0.1, 0.15) is 4.90 Å². The maximum absolute atomic E-state index is 12.2. The molecular formula is C11H16BrN3O4S. The molecule has 9 heteroatoms. The van der Waals surface area contributed by atoms with Crippen LogP contribution < -0.4 is 4.72 Å². The van der Waals surface area contributed by atoms with E-state index in [1.54, 1.807) is 13.8 Å². The number of nitrogens with zero attached hydrogens (tertiary/aromatic N) is 2. The Morgan fingerprint density at radius 1 is 1.50 bits per heavy atom.